The summed E-state index contributed by atoms with van der Waals surface area (Å²) in [6.07, 6.45) is 5.52. The van der Waals surface area contributed by atoms with Crippen molar-refractivity contribution in [2.24, 2.45) is 0 Å². The van der Waals surface area contributed by atoms with Gasteiger partial charge in [0.2, 0.25) is 0 Å². The van der Waals surface area contributed by atoms with Crippen molar-refractivity contribution in [2.45, 2.75) is 46.1 Å². The number of ether oxygens (including phenoxy) is 2. The van der Waals surface area contributed by atoms with Crippen LogP contribution in [0.3, 0.4) is 0 Å². The Morgan fingerprint density at radius 2 is 1.92 bits per heavy atom. The Labute approximate surface area is 149 Å². The molecule has 0 bridgehead atoms. The molecule has 1 aliphatic rings. The summed E-state index contributed by atoms with van der Waals surface area (Å²) < 4.78 is 11.5. The third kappa shape index (κ3) is 4.11. The molecule has 3 heteroatoms. The number of hydrogen-bond acceptors (Lipinski definition) is 3. The van der Waals surface area contributed by atoms with E-state index in [1.165, 1.54) is 18.1 Å². The maximum absolute atomic E-state index is 11.1. The monoisotopic (exact) mass is 336 g/mol. The van der Waals surface area contributed by atoms with Gasteiger partial charge in [-0.05, 0) is 55.2 Å². The van der Waals surface area contributed by atoms with Crippen LogP contribution in [-0.2, 0) is 4.79 Å². The van der Waals surface area contributed by atoms with E-state index in [0.717, 1.165) is 36.1 Å². The first-order chi connectivity index (χ1) is 12.1. The van der Waals surface area contributed by atoms with Gasteiger partial charge in [-0.15, -0.1) is 0 Å². The van der Waals surface area contributed by atoms with Crippen molar-refractivity contribution in [1.29, 1.82) is 0 Å². The molecule has 2 aromatic rings. The average Bonchev–Trinajstić information content (AvgIpc) is 2.59. The number of rotatable bonds is 5. The van der Waals surface area contributed by atoms with Crippen LogP contribution in [0.5, 0.6) is 11.5 Å². The van der Waals surface area contributed by atoms with Crippen LogP contribution in [0.1, 0.15) is 49.8 Å². The molecule has 3 rings (SSSR count). The number of aryl methyl sites for hydroxylation is 1. The second-order valence-electron chi connectivity index (χ2n) is 6.51. The predicted molar refractivity (Wildman–Crippen MR) is 101 cm³/mol. The summed E-state index contributed by atoms with van der Waals surface area (Å²) in [5, 5.41) is 0. The molecule has 0 fully saturated rings. The molecule has 0 aromatic heterocycles. The lowest BCUT2D eigenvalue weighted by atomic mass is 9.92. The number of carbonyl (C=O) groups is 1. The second-order valence-corrected chi connectivity index (χ2v) is 6.51. The summed E-state index contributed by atoms with van der Waals surface area (Å²) in [5.41, 5.74) is 4.59. The van der Waals surface area contributed by atoms with Crippen molar-refractivity contribution in [2.75, 3.05) is 0 Å². The zero-order valence-corrected chi connectivity index (χ0v) is 15.0. The Morgan fingerprint density at radius 1 is 1.16 bits per heavy atom. The molecule has 3 nitrogen and oxygen atoms in total. The smallest absolute Gasteiger partial charge is 0.308 e. The molecule has 0 N–H and O–H groups in total. The first-order valence-corrected chi connectivity index (χ1v) is 8.84. The van der Waals surface area contributed by atoms with E-state index in [2.05, 4.69) is 38.1 Å². The Bertz CT molecular complexity index is 787. The van der Waals surface area contributed by atoms with Crippen LogP contribution in [0.4, 0.5) is 0 Å². The first-order valence-electron chi connectivity index (χ1n) is 8.84. The fourth-order valence-electron chi connectivity index (χ4n) is 3.09. The number of esters is 1. The molecule has 1 unspecified atom stereocenters. The molecule has 2 aromatic carbocycles. The van der Waals surface area contributed by atoms with Crippen molar-refractivity contribution in [3.05, 3.63) is 59.2 Å². The van der Waals surface area contributed by atoms with E-state index in [-0.39, 0.29) is 12.1 Å². The highest BCUT2D eigenvalue weighted by Crippen LogP contribution is 2.37. The minimum absolute atomic E-state index is 0.0498. The number of fused-ring (bicyclic) bond motifs is 1. The summed E-state index contributed by atoms with van der Waals surface area (Å²) >= 11 is 0. The number of unbranched alkanes of at least 4 members (excludes halogenated alkanes) is 1. The number of carbonyl (C=O) groups excluding carboxylic acids is 1. The van der Waals surface area contributed by atoms with Crippen molar-refractivity contribution in [1.82, 2.24) is 0 Å². The summed E-state index contributed by atoms with van der Waals surface area (Å²) in [5.74, 6) is 1.22. The highest BCUT2D eigenvalue weighted by atomic mass is 16.5. The van der Waals surface area contributed by atoms with Crippen LogP contribution < -0.4 is 9.47 Å². The van der Waals surface area contributed by atoms with Crippen molar-refractivity contribution >= 4 is 17.6 Å². The average molecular weight is 336 g/mol. The van der Waals surface area contributed by atoms with Gasteiger partial charge >= 0.3 is 5.97 Å². The lowest BCUT2D eigenvalue weighted by Crippen LogP contribution is -2.22. The molecule has 0 spiro atoms. The summed E-state index contributed by atoms with van der Waals surface area (Å²) in [6.45, 7) is 5.68. The van der Waals surface area contributed by atoms with E-state index < -0.39 is 0 Å². The molecule has 1 aliphatic heterocycles. The largest absolute Gasteiger partial charge is 0.485 e. The Morgan fingerprint density at radius 3 is 2.60 bits per heavy atom. The molecular weight excluding hydrogens is 312 g/mol. The zero-order valence-electron chi connectivity index (χ0n) is 15.0. The topological polar surface area (TPSA) is 35.5 Å². The maximum atomic E-state index is 11.1. The van der Waals surface area contributed by atoms with E-state index in [1.807, 2.05) is 24.3 Å². The predicted octanol–water partition coefficient (Wildman–Crippen LogP) is 5.41. The third-order valence-electron chi connectivity index (χ3n) is 4.37. The zero-order chi connectivity index (χ0) is 17.8. The van der Waals surface area contributed by atoms with Crippen LogP contribution in [0.15, 0.2) is 42.5 Å². The molecule has 130 valence electrons. The lowest BCUT2D eigenvalue weighted by molar-refractivity contribution is -0.131. The Balaban J connectivity index is 1.94. The molecule has 1 atom stereocenters. The molecular formula is C22H24O3. The van der Waals surface area contributed by atoms with Gasteiger partial charge in [-0.3, -0.25) is 4.79 Å². The molecule has 25 heavy (non-hydrogen) atoms. The molecule has 0 aliphatic carbocycles. The van der Waals surface area contributed by atoms with E-state index >= 15 is 0 Å². The first kappa shape index (κ1) is 17.3. The van der Waals surface area contributed by atoms with Gasteiger partial charge in [-0.1, -0.05) is 37.6 Å². The summed E-state index contributed by atoms with van der Waals surface area (Å²) in [6, 6.07) is 14.0. The van der Waals surface area contributed by atoms with Crippen LogP contribution >= 0.6 is 0 Å². The minimum Gasteiger partial charge on any atom is -0.485 e. The van der Waals surface area contributed by atoms with Gasteiger partial charge in [-0.25, -0.2) is 0 Å². The van der Waals surface area contributed by atoms with Crippen LogP contribution in [-0.4, -0.2) is 12.1 Å². The van der Waals surface area contributed by atoms with E-state index in [0.29, 0.717) is 5.75 Å². The SMILES string of the molecule is CCCCC1Oc2cc(C)ccc2C=C1c1ccc(OC(C)=O)cc1. The van der Waals surface area contributed by atoms with E-state index in [1.54, 1.807) is 0 Å². The van der Waals surface area contributed by atoms with Crippen LogP contribution in [0.25, 0.3) is 11.6 Å². The van der Waals surface area contributed by atoms with Gasteiger partial charge < -0.3 is 9.47 Å². The Hall–Kier alpha value is -2.55. The molecule has 0 radical (unpaired) electrons. The maximum Gasteiger partial charge on any atom is 0.308 e. The van der Waals surface area contributed by atoms with E-state index in [4.69, 9.17) is 9.47 Å². The fraction of sp³-hybridized carbons (Fsp3) is 0.318. The van der Waals surface area contributed by atoms with Crippen molar-refractivity contribution < 1.29 is 14.3 Å². The highest BCUT2D eigenvalue weighted by molar-refractivity contribution is 5.87. The van der Waals surface area contributed by atoms with Crippen molar-refractivity contribution in [3.63, 3.8) is 0 Å². The van der Waals surface area contributed by atoms with Gasteiger partial charge in [0, 0.05) is 18.1 Å². The quantitative estimate of drug-likeness (QED) is 0.541. The van der Waals surface area contributed by atoms with Gasteiger partial charge in [0.05, 0.1) is 0 Å². The number of benzene rings is 2. The molecule has 0 saturated heterocycles. The standard InChI is InChI=1S/C22H24O3/c1-4-5-6-21-20(14-18-8-7-15(2)13-22(18)25-21)17-9-11-19(12-10-17)24-16(3)23/h7-14,21H,4-6H2,1-3H3. The minimum atomic E-state index is -0.307. The van der Waals surface area contributed by atoms with Crippen molar-refractivity contribution in [3.8, 4) is 11.5 Å². The van der Waals surface area contributed by atoms with Gasteiger partial charge in [0.15, 0.2) is 0 Å². The van der Waals surface area contributed by atoms with Gasteiger partial charge in [0.25, 0.3) is 0 Å². The number of hydrogen-bond donors (Lipinski definition) is 0. The van der Waals surface area contributed by atoms with Crippen LogP contribution in [0, 0.1) is 6.92 Å². The third-order valence-corrected chi connectivity index (χ3v) is 4.37. The summed E-state index contributed by atoms with van der Waals surface area (Å²) in [4.78, 5) is 11.1. The highest BCUT2D eigenvalue weighted by Gasteiger charge is 2.23. The fourth-order valence-corrected chi connectivity index (χ4v) is 3.09. The van der Waals surface area contributed by atoms with E-state index in [9.17, 15) is 4.79 Å². The van der Waals surface area contributed by atoms with Crippen LogP contribution in [0.2, 0.25) is 0 Å². The lowest BCUT2D eigenvalue weighted by Gasteiger charge is -2.28. The molecule has 1 heterocycles. The molecule has 0 saturated carbocycles. The summed E-state index contributed by atoms with van der Waals surface area (Å²) in [7, 11) is 0. The van der Waals surface area contributed by atoms with Gasteiger partial charge in [0.1, 0.15) is 17.6 Å². The second kappa shape index (κ2) is 7.56. The Kier molecular flexibility index (Phi) is 5.22. The molecule has 0 amide bonds. The normalized spacial score (nSPS) is 15.8. The van der Waals surface area contributed by atoms with Gasteiger partial charge in [-0.2, -0.15) is 0 Å².